The Kier molecular flexibility index (Phi) is 4.97. The van der Waals surface area contributed by atoms with Gasteiger partial charge >= 0.3 is 11.7 Å². The molecule has 0 atom stereocenters. The van der Waals surface area contributed by atoms with Gasteiger partial charge in [-0.05, 0) is 12.0 Å². The lowest BCUT2D eigenvalue weighted by Gasteiger charge is -2.23. The molecule has 1 heterocycles. The summed E-state index contributed by atoms with van der Waals surface area (Å²) < 4.78 is 0. The summed E-state index contributed by atoms with van der Waals surface area (Å²) in [4.78, 5) is 26.2. The topological polar surface area (TPSA) is 120 Å². The van der Waals surface area contributed by atoms with Crippen molar-refractivity contribution in [3.05, 3.63) is 27.9 Å². The van der Waals surface area contributed by atoms with Crippen molar-refractivity contribution >= 4 is 17.5 Å². The molecule has 0 aromatic carbocycles. The largest absolute Gasteiger partial charge is 0.480 e. The Balaban J connectivity index is 3.17. The maximum atomic E-state index is 10.9. The monoisotopic (exact) mass is 278 g/mol. The van der Waals surface area contributed by atoms with E-state index in [2.05, 4.69) is 4.98 Å². The smallest absolute Gasteiger partial charge is 0.323 e. The van der Waals surface area contributed by atoms with Crippen LogP contribution < -0.4 is 4.90 Å². The van der Waals surface area contributed by atoms with E-state index in [4.69, 9.17) is 10.4 Å². The highest BCUT2D eigenvalue weighted by Crippen LogP contribution is 2.21. The van der Waals surface area contributed by atoms with Crippen LogP contribution in [0, 0.1) is 27.4 Å². The standard InChI is InChI=1S/C12H14N4O4/c1-8(2)6-15(7-12(17)18)11-4-3-10(16(19)20)9(5-13)14-11/h3-4,8H,6-7H2,1-2H3,(H,17,18). The fourth-order valence-corrected chi connectivity index (χ4v) is 1.69. The van der Waals surface area contributed by atoms with Crippen molar-refractivity contribution in [2.24, 2.45) is 5.92 Å². The second-order valence-electron chi connectivity index (χ2n) is 4.57. The third kappa shape index (κ3) is 3.91. The minimum absolute atomic E-state index is 0.178. The van der Waals surface area contributed by atoms with Crippen molar-refractivity contribution in [3.8, 4) is 6.07 Å². The summed E-state index contributed by atoms with van der Waals surface area (Å²) in [5.74, 6) is -0.621. The van der Waals surface area contributed by atoms with Crippen LogP contribution in [0.25, 0.3) is 0 Å². The number of nitriles is 1. The number of anilines is 1. The van der Waals surface area contributed by atoms with Crippen LogP contribution in [-0.2, 0) is 4.79 Å². The van der Waals surface area contributed by atoms with Gasteiger partial charge in [-0.15, -0.1) is 0 Å². The number of nitrogens with zero attached hydrogens (tertiary/aromatic N) is 4. The Bertz CT molecular complexity index is 565. The zero-order chi connectivity index (χ0) is 15.3. The normalized spacial score (nSPS) is 10.1. The summed E-state index contributed by atoms with van der Waals surface area (Å²) in [6, 6.07) is 4.17. The predicted octanol–water partition coefficient (Wildman–Crippen LogP) is 1.41. The van der Waals surface area contributed by atoms with Gasteiger partial charge in [-0.3, -0.25) is 14.9 Å². The van der Waals surface area contributed by atoms with E-state index in [0.717, 1.165) is 6.07 Å². The lowest BCUT2D eigenvalue weighted by atomic mass is 10.2. The van der Waals surface area contributed by atoms with Gasteiger partial charge in [-0.25, -0.2) is 4.98 Å². The van der Waals surface area contributed by atoms with Crippen LogP contribution in [0.15, 0.2) is 12.1 Å². The second kappa shape index (κ2) is 6.47. The molecule has 0 amide bonds. The summed E-state index contributed by atoms with van der Waals surface area (Å²) in [5, 5.41) is 28.5. The summed E-state index contributed by atoms with van der Waals surface area (Å²) in [6.45, 7) is 3.95. The Morgan fingerprint density at radius 3 is 2.70 bits per heavy atom. The van der Waals surface area contributed by atoms with Crippen molar-refractivity contribution in [1.29, 1.82) is 5.26 Å². The third-order valence-corrected chi connectivity index (χ3v) is 2.40. The highest BCUT2D eigenvalue weighted by atomic mass is 16.6. The third-order valence-electron chi connectivity index (χ3n) is 2.40. The fourth-order valence-electron chi connectivity index (χ4n) is 1.69. The number of hydrogen-bond donors (Lipinski definition) is 1. The Hall–Kier alpha value is -2.69. The van der Waals surface area contributed by atoms with Gasteiger partial charge in [0, 0.05) is 12.6 Å². The first-order valence-corrected chi connectivity index (χ1v) is 5.87. The minimum Gasteiger partial charge on any atom is -0.480 e. The summed E-state index contributed by atoms with van der Waals surface area (Å²) >= 11 is 0. The number of carboxylic acid groups (broad SMARTS) is 1. The molecule has 0 aliphatic rings. The van der Waals surface area contributed by atoms with E-state index in [9.17, 15) is 14.9 Å². The maximum Gasteiger partial charge on any atom is 0.323 e. The molecule has 0 saturated heterocycles. The number of hydrogen-bond acceptors (Lipinski definition) is 6. The molecular weight excluding hydrogens is 264 g/mol. The molecule has 8 heteroatoms. The molecule has 0 bridgehead atoms. The van der Waals surface area contributed by atoms with E-state index in [-0.39, 0.29) is 24.0 Å². The van der Waals surface area contributed by atoms with Gasteiger partial charge in [0.2, 0.25) is 5.69 Å². The molecule has 0 aliphatic heterocycles. The van der Waals surface area contributed by atoms with Crippen LogP contribution >= 0.6 is 0 Å². The number of rotatable bonds is 6. The molecule has 0 fully saturated rings. The highest BCUT2D eigenvalue weighted by Gasteiger charge is 2.19. The molecule has 0 radical (unpaired) electrons. The van der Waals surface area contributed by atoms with E-state index in [1.54, 1.807) is 6.07 Å². The molecule has 1 rings (SSSR count). The van der Waals surface area contributed by atoms with E-state index < -0.39 is 16.6 Å². The van der Waals surface area contributed by atoms with E-state index in [0.29, 0.717) is 6.54 Å². The highest BCUT2D eigenvalue weighted by molar-refractivity contribution is 5.73. The maximum absolute atomic E-state index is 10.9. The summed E-state index contributed by atoms with van der Waals surface area (Å²) in [7, 11) is 0. The number of carboxylic acids is 1. The van der Waals surface area contributed by atoms with Crippen LogP contribution in [-0.4, -0.2) is 34.1 Å². The van der Waals surface area contributed by atoms with Crippen molar-refractivity contribution in [1.82, 2.24) is 4.98 Å². The van der Waals surface area contributed by atoms with Crippen molar-refractivity contribution in [3.63, 3.8) is 0 Å². The zero-order valence-electron chi connectivity index (χ0n) is 11.1. The molecule has 1 aromatic rings. The van der Waals surface area contributed by atoms with Crippen LogP contribution in [0.3, 0.4) is 0 Å². The Labute approximate surface area is 115 Å². The SMILES string of the molecule is CC(C)CN(CC(=O)O)c1ccc([N+](=O)[O-])c(C#N)n1. The first-order valence-electron chi connectivity index (χ1n) is 5.87. The van der Waals surface area contributed by atoms with Gasteiger partial charge in [0.15, 0.2) is 0 Å². The average molecular weight is 278 g/mol. The quantitative estimate of drug-likeness (QED) is 0.616. The number of carbonyl (C=O) groups is 1. The minimum atomic E-state index is -1.04. The second-order valence-corrected chi connectivity index (χ2v) is 4.57. The van der Waals surface area contributed by atoms with E-state index in [1.165, 1.54) is 11.0 Å². The molecule has 20 heavy (non-hydrogen) atoms. The number of aliphatic carboxylic acids is 1. The van der Waals surface area contributed by atoms with E-state index in [1.807, 2.05) is 13.8 Å². The van der Waals surface area contributed by atoms with Crippen LogP contribution in [0.5, 0.6) is 0 Å². The lowest BCUT2D eigenvalue weighted by Crippen LogP contribution is -2.33. The molecule has 106 valence electrons. The molecule has 1 N–H and O–H groups in total. The van der Waals surface area contributed by atoms with Gasteiger partial charge in [0.1, 0.15) is 18.4 Å². The number of nitro groups is 1. The Morgan fingerprint density at radius 1 is 1.60 bits per heavy atom. The summed E-state index contributed by atoms with van der Waals surface area (Å²) in [5.41, 5.74) is -0.720. The summed E-state index contributed by atoms with van der Waals surface area (Å²) in [6.07, 6.45) is 0. The van der Waals surface area contributed by atoms with Crippen LogP contribution in [0.2, 0.25) is 0 Å². The molecule has 8 nitrogen and oxygen atoms in total. The zero-order valence-corrected chi connectivity index (χ0v) is 11.1. The lowest BCUT2D eigenvalue weighted by molar-refractivity contribution is -0.385. The Morgan fingerprint density at radius 2 is 2.25 bits per heavy atom. The van der Waals surface area contributed by atoms with Gasteiger partial charge in [-0.1, -0.05) is 13.8 Å². The van der Waals surface area contributed by atoms with Gasteiger partial charge in [0.25, 0.3) is 0 Å². The molecule has 0 saturated carbocycles. The average Bonchev–Trinajstić information content (AvgIpc) is 2.35. The molecule has 0 spiro atoms. The first kappa shape index (κ1) is 15.4. The number of aromatic nitrogens is 1. The molecule has 1 aromatic heterocycles. The number of pyridine rings is 1. The van der Waals surface area contributed by atoms with Gasteiger partial charge in [0.05, 0.1) is 4.92 Å². The molecule has 0 aliphatic carbocycles. The van der Waals surface area contributed by atoms with E-state index >= 15 is 0 Å². The fraction of sp³-hybridized carbons (Fsp3) is 0.417. The van der Waals surface area contributed by atoms with Gasteiger partial charge < -0.3 is 10.0 Å². The van der Waals surface area contributed by atoms with Crippen molar-refractivity contribution in [2.45, 2.75) is 13.8 Å². The van der Waals surface area contributed by atoms with Crippen LogP contribution in [0.1, 0.15) is 19.5 Å². The predicted molar refractivity (Wildman–Crippen MR) is 70.3 cm³/mol. The van der Waals surface area contributed by atoms with Crippen molar-refractivity contribution in [2.75, 3.05) is 18.0 Å². The first-order chi connectivity index (χ1) is 9.35. The van der Waals surface area contributed by atoms with Gasteiger partial charge in [-0.2, -0.15) is 5.26 Å². The van der Waals surface area contributed by atoms with Crippen LogP contribution in [0.4, 0.5) is 11.5 Å². The molecule has 0 unspecified atom stereocenters. The molecular formula is C12H14N4O4. The van der Waals surface area contributed by atoms with Crippen molar-refractivity contribution < 1.29 is 14.8 Å².